The molecule has 1 aromatic heterocycles. The highest BCUT2D eigenvalue weighted by Gasteiger charge is 2.18. The molecule has 0 amide bonds. The number of rotatable bonds is 5. The van der Waals surface area contributed by atoms with Crippen molar-refractivity contribution < 1.29 is 9.13 Å². The molecule has 0 bridgehead atoms. The molecule has 2 aromatic rings. The molecule has 2 unspecified atom stereocenters. The van der Waals surface area contributed by atoms with Gasteiger partial charge in [-0.25, -0.2) is 9.37 Å². The predicted octanol–water partition coefficient (Wildman–Crippen LogP) is 4.66. The van der Waals surface area contributed by atoms with E-state index in [1.807, 2.05) is 25.3 Å². The fourth-order valence-corrected chi connectivity index (χ4v) is 2.73. The highest BCUT2D eigenvalue weighted by Crippen LogP contribution is 2.28. The molecule has 0 fully saturated rings. The van der Waals surface area contributed by atoms with Gasteiger partial charge in [0.05, 0.1) is 33.5 Å². The second-order valence-electron chi connectivity index (χ2n) is 4.72. The number of imidazole rings is 1. The monoisotopic (exact) mass is 362 g/mol. The summed E-state index contributed by atoms with van der Waals surface area (Å²) in [5.74, 6) is 0.402. The summed E-state index contributed by atoms with van der Waals surface area (Å²) in [5, 5.41) is -0.252. The zero-order valence-corrected chi connectivity index (χ0v) is 14.0. The summed E-state index contributed by atoms with van der Waals surface area (Å²) in [6.45, 7) is 7.10. The van der Waals surface area contributed by atoms with Crippen LogP contribution in [0, 0.1) is 5.82 Å². The van der Waals surface area contributed by atoms with Gasteiger partial charge in [-0.3, -0.25) is 0 Å². The zero-order chi connectivity index (χ0) is 14.9. The van der Waals surface area contributed by atoms with Crippen LogP contribution >= 0.6 is 27.5 Å². The van der Waals surface area contributed by atoms with Crippen LogP contribution in [0.25, 0.3) is 11.0 Å². The number of fused-ring (bicyclic) bond motifs is 1. The van der Waals surface area contributed by atoms with E-state index in [1.165, 1.54) is 6.07 Å². The van der Waals surface area contributed by atoms with E-state index >= 15 is 0 Å². The lowest BCUT2D eigenvalue weighted by molar-refractivity contribution is 0.0642. The van der Waals surface area contributed by atoms with Crippen molar-refractivity contribution in [3.05, 3.63) is 28.2 Å². The van der Waals surface area contributed by atoms with E-state index in [9.17, 15) is 4.39 Å². The van der Waals surface area contributed by atoms with Gasteiger partial charge in [-0.15, -0.1) is 11.6 Å². The van der Waals surface area contributed by atoms with Crippen molar-refractivity contribution in [2.75, 3.05) is 6.61 Å². The van der Waals surface area contributed by atoms with E-state index in [0.717, 1.165) is 11.3 Å². The first-order valence-electron chi connectivity index (χ1n) is 6.54. The quantitative estimate of drug-likeness (QED) is 0.722. The summed E-state index contributed by atoms with van der Waals surface area (Å²) in [4.78, 5) is 4.44. The molecule has 6 heteroatoms. The fraction of sp³-hybridized carbons (Fsp3) is 0.500. The summed E-state index contributed by atoms with van der Waals surface area (Å²) in [6, 6.07) is 3.16. The zero-order valence-electron chi connectivity index (χ0n) is 11.7. The Labute approximate surface area is 131 Å². The number of nitrogens with zero attached hydrogens (tertiary/aromatic N) is 2. The van der Waals surface area contributed by atoms with Gasteiger partial charge in [0.15, 0.2) is 0 Å². The second-order valence-corrected chi connectivity index (χ2v) is 6.23. The molecule has 2 rings (SSSR count). The van der Waals surface area contributed by atoms with Crippen LogP contribution in [-0.4, -0.2) is 22.3 Å². The molecule has 1 heterocycles. The van der Waals surface area contributed by atoms with Crippen molar-refractivity contribution in [2.45, 2.75) is 38.8 Å². The lowest BCUT2D eigenvalue weighted by Gasteiger charge is -2.16. The lowest BCUT2D eigenvalue weighted by atomic mass is 10.3. The Balaban J connectivity index is 2.53. The largest absolute Gasteiger partial charge is 0.377 e. The van der Waals surface area contributed by atoms with Crippen molar-refractivity contribution in [2.24, 2.45) is 0 Å². The molecule has 1 aromatic carbocycles. The standard InChI is InChI=1S/C14H17BrClFN2O/c1-4-20-8(2)7-19-13-5-10(15)11(17)6-12(13)18-14(19)9(3)16/h5-6,8-9H,4,7H2,1-3H3. The van der Waals surface area contributed by atoms with Crippen LogP contribution in [-0.2, 0) is 11.3 Å². The maximum Gasteiger partial charge on any atom is 0.139 e. The third-order valence-corrected chi connectivity index (χ3v) is 3.87. The minimum Gasteiger partial charge on any atom is -0.377 e. The number of hydrogen-bond donors (Lipinski definition) is 0. The maximum absolute atomic E-state index is 13.6. The normalized spacial score (nSPS) is 14.7. The van der Waals surface area contributed by atoms with Gasteiger partial charge in [-0.05, 0) is 42.8 Å². The van der Waals surface area contributed by atoms with Gasteiger partial charge in [-0.1, -0.05) is 0 Å². The predicted molar refractivity (Wildman–Crippen MR) is 82.7 cm³/mol. The van der Waals surface area contributed by atoms with E-state index in [0.29, 0.717) is 23.1 Å². The molecule has 0 saturated carbocycles. The van der Waals surface area contributed by atoms with Gasteiger partial charge >= 0.3 is 0 Å². The number of ether oxygens (including phenoxy) is 1. The third kappa shape index (κ3) is 3.15. The van der Waals surface area contributed by atoms with Crippen molar-refractivity contribution in [3.63, 3.8) is 0 Å². The SMILES string of the molecule is CCOC(C)Cn1c(C(C)Cl)nc2cc(F)c(Br)cc21. The van der Waals surface area contributed by atoms with Crippen molar-refractivity contribution in [3.8, 4) is 0 Å². The van der Waals surface area contributed by atoms with Crippen LogP contribution < -0.4 is 0 Å². The second kappa shape index (κ2) is 6.41. The highest BCUT2D eigenvalue weighted by molar-refractivity contribution is 9.10. The van der Waals surface area contributed by atoms with Crippen LogP contribution in [0.5, 0.6) is 0 Å². The van der Waals surface area contributed by atoms with E-state index < -0.39 is 0 Å². The molecule has 2 atom stereocenters. The number of benzene rings is 1. The van der Waals surface area contributed by atoms with Crippen molar-refractivity contribution >= 4 is 38.6 Å². The number of aromatic nitrogens is 2. The van der Waals surface area contributed by atoms with Crippen LogP contribution in [0.2, 0.25) is 0 Å². The summed E-state index contributed by atoms with van der Waals surface area (Å²) >= 11 is 9.40. The summed E-state index contributed by atoms with van der Waals surface area (Å²) in [5.41, 5.74) is 1.46. The first-order chi connectivity index (χ1) is 9.43. The molecule has 0 N–H and O–H groups in total. The average Bonchev–Trinajstić information content (AvgIpc) is 2.69. The minimum atomic E-state index is -0.325. The van der Waals surface area contributed by atoms with Gasteiger partial charge in [0.2, 0.25) is 0 Å². The molecule has 0 saturated heterocycles. The van der Waals surface area contributed by atoms with Crippen LogP contribution in [0.1, 0.15) is 32.0 Å². The summed E-state index contributed by atoms with van der Waals surface area (Å²) in [7, 11) is 0. The molecule has 0 aliphatic carbocycles. The van der Waals surface area contributed by atoms with E-state index in [4.69, 9.17) is 16.3 Å². The molecule has 0 spiro atoms. The molecule has 0 aliphatic rings. The fourth-order valence-electron chi connectivity index (χ4n) is 2.23. The molecule has 0 radical (unpaired) electrons. The molecule has 20 heavy (non-hydrogen) atoms. The Bertz CT molecular complexity index is 615. The Hall–Kier alpha value is -0.650. The minimum absolute atomic E-state index is 0.0374. The Morgan fingerprint density at radius 1 is 1.45 bits per heavy atom. The first kappa shape index (κ1) is 15.7. The molecule has 0 aliphatic heterocycles. The Kier molecular flexibility index (Phi) is 5.04. The average molecular weight is 364 g/mol. The first-order valence-corrected chi connectivity index (χ1v) is 7.77. The van der Waals surface area contributed by atoms with Gasteiger partial charge in [0.1, 0.15) is 11.6 Å². The Morgan fingerprint density at radius 2 is 2.15 bits per heavy atom. The molecular formula is C14H17BrClFN2O. The van der Waals surface area contributed by atoms with Crippen LogP contribution in [0.15, 0.2) is 16.6 Å². The van der Waals surface area contributed by atoms with Crippen LogP contribution in [0.4, 0.5) is 4.39 Å². The van der Waals surface area contributed by atoms with E-state index in [-0.39, 0.29) is 17.3 Å². The number of halogens is 3. The smallest absolute Gasteiger partial charge is 0.139 e. The van der Waals surface area contributed by atoms with Crippen molar-refractivity contribution in [1.82, 2.24) is 9.55 Å². The summed E-state index contributed by atoms with van der Waals surface area (Å²) < 4.78 is 21.6. The summed E-state index contributed by atoms with van der Waals surface area (Å²) in [6.07, 6.45) is 0.0374. The maximum atomic E-state index is 13.6. The Morgan fingerprint density at radius 3 is 2.75 bits per heavy atom. The number of hydrogen-bond acceptors (Lipinski definition) is 2. The van der Waals surface area contributed by atoms with Crippen LogP contribution in [0.3, 0.4) is 0 Å². The van der Waals surface area contributed by atoms with Gasteiger partial charge < -0.3 is 9.30 Å². The van der Waals surface area contributed by atoms with Gasteiger partial charge in [0, 0.05) is 12.7 Å². The van der Waals surface area contributed by atoms with Crippen molar-refractivity contribution in [1.29, 1.82) is 0 Å². The number of alkyl halides is 1. The van der Waals surface area contributed by atoms with Gasteiger partial charge in [-0.2, -0.15) is 0 Å². The van der Waals surface area contributed by atoms with E-state index in [2.05, 4.69) is 20.9 Å². The molecule has 3 nitrogen and oxygen atoms in total. The van der Waals surface area contributed by atoms with Gasteiger partial charge in [0.25, 0.3) is 0 Å². The third-order valence-electron chi connectivity index (χ3n) is 3.07. The topological polar surface area (TPSA) is 27.1 Å². The molecule has 110 valence electrons. The highest BCUT2D eigenvalue weighted by atomic mass is 79.9. The van der Waals surface area contributed by atoms with E-state index in [1.54, 1.807) is 6.07 Å². The molecular weight excluding hydrogens is 347 g/mol. The lowest BCUT2D eigenvalue weighted by Crippen LogP contribution is -2.18.